The molecule has 4 heterocycles. The second-order valence-electron chi connectivity index (χ2n) is 12.0. The number of pyridine rings is 1. The molecule has 3 aliphatic rings. The number of piperidine rings is 1. The number of aromatic nitrogens is 4. The van der Waals surface area contributed by atoms with Crippen LogP contribution in [0.25, 0.3) is 16.2 Å². The maximum Gasteiger partial charge on any atom is 0.357 e. The Balaban J connectivity index is 1.07. The van der Waals surface area contributed by atoms with Crippen LogP contribution in [0.4, 0.5) is 10.3 Å². The normalized spacial score (nSPS) is 20.7. The van der Waals surface area contributed by atoms with Crippen LogP contribution < -0.4 is 9.47 Å². The van der Waals surface area contributed by atoms with Crippen molar-refractivity contribution in [3.8, 4) is 29.0 Å². The third kappa shape index (κ3) is 5.25. The highest BCUT2D eigenvalue weighted by molar-refractivity contribution is 6.30. The Morgan fingerprint density at radius 1 is 1.20 bits per heavy atom. The minimum absolute atomic E-state index is 0.131. The molecule has 1 saturated carbocycles. The van der Waals surface area contributed by atoms with Gasteiger partial charge in [-0.05, 0) is 87.0 Å². The number of rotatable bonds is 7. The molecule has 1 atom stereocenters. The zero-order valence-corrected chi connectivity index (χ0v) is 24.9. The molecule has 1 saturated heterocycles. The van der Waals surface area contributed by atoms with Crippen LogP contribution in [0.2, 0.25) is 5.02 Å². The second kappa shape index (κ2) is 10.9. The van der Waals surface area contributed by atoms with E-state index in [4.69, 9.17) is 32.6 Å². The molecule has 1 aliphatic carbocycles. The molecule has 0 radical (unpaired) electrons. The zero-order valence-electron chi connectivity index (χ0n) is 24.1. The Kier molecular flexibility index (Phi) is 7.00. The molecule has 1 N–H and O–H groups in total. The molecule has 11 heteroatoms. The Morgan fingerprint density at radius 2 is 2.02 bits per heavy atom. The maximum absolute atomic E-state index is 14.8. The number of aromatic amines is 1. The van der Waals surface area contributed by atoms with Gasteiger partial charge in [0.2, 0.25) is 0 Å². The molecule has 2 fully saturated rings. The van der Waals surface area contributed by atoms with E-state index >= 15 is 0 Å². The molecule has 222 valence electrons. The summed E-state index contributed by atoms with van der Waals surface area (Å²) in [6, 6.07) is 14.9. The van der Waals surface area contributed by atoms with Crippen LogP contribution in [-0.2, 0) is 18.8 Å². The quantitative estimate of drug-likeness (QED) is 0.223. The zero-order chi connectivity index (χ0) is 30.5. The van der Waals surface area contributed by atoms with Gasteiger partial charge in [-0.3, -0.25) is 9.88 Å². The first-order valence-corrected chi connectivity index (χ1v) is 15.0. The Labute approximate surface area is 259 Å². The summed E-state index contributed by atoms with van der Waals surface area (Å²) in [4.78, 5) is 14.8. The van der Waals surface area contributed by atoms with Crippen LogP contribution in [0, 0.1) is 29.1 Å². The number of hydrogen-bond donors (Lipinski definition) is 1. The van der Waals surface area contributed by atoms with Gasteiger partial charge >= 0.3 is 5.95 Å². The highest BCUT2D eigenvalue weighted by Gasteiger charge is 2.44. The smallest absolute Gasteiger partial charge is 0.357 e. The van der Waals surface area contributed by atoms with Crippen LogP contribution in [0.15, 0.2) is 48.7 Å². The van der Waals surface area contributed by atoms with Gasteiger partial charge in [0, 0.05) is 30.3 Å². The molecule has 0 spiro atoms. The lowest BCUT2D eigenvalue weighted by molar-refractivity contribution is -0.0712. The first kappa shape index (κ1) is 28.3. The molecule has 7 rings (SSSR count). The summed E-state index contributed by atoms with van der Waals surface area (Å²) in [6.45, 7) is 11.3. The molecule has 0 unspecified atom stereocenters. The van der Waals surface area contributed by atoms with Gasteiger partial charge in [-0.1, -0.05) is 28.8 Å². The number of H-pyrrole nitrogens is 1. The monoisotopic (exact) mass is 609 g/mol. The van der Waals surface area contributed by atoms with E-state index in [1.165, 1.54) is 6.07 Å². The van der Waals surface area contributed by atoms with Gasteiger partial charge in [0.1, 0.15) is 5.82 Å². The Hall–Kier alpha value is -4.51. The Morgan fingerprint density at radius 3 is 2.73 bits per heavy atom. The average Bonchev–Trinajstić information content (AvgIpc) is 3.46. The number of fused-ring (bicyclic) bond motifs is 1. The largest absolute Gasteiger partial charge is 0.444 e. The molecule has 0 amide bonds. The van der Waals surface area contributed by atoms with E-state index in [0.29, 0.717) is 40.9 Å². The van der Waals surface area contributed by atoms with Crippen molar-refractivity contribution in [3.63, 3.8) is 0 Å². The molecule has 4 aromatic rings. The lowest BCUT2D eigenvalue weighted by Crippen LogP contribution is -2.34. The van der Waals surface area contributed by atoms with Gasteiger partial charge < -0.3 is 14.3 Å². The van der Waals surface area contributed by atoms with E-state index < -0.39 is 11.6 Å². The van der Waals surface area contributed by atoms with Crippen LogP contribution in [0.3, 0.4) is 0 Å². The summed E-state index contributed by atoms with van der Waals surface area (Å²) in [6.07, 6.45) is 5.99. The molecular formula is C33H29ClFN7O2. The van der Waals surface area contributed by atoms with E-state index in [-0.39, 0.29) is 17.3 Å². The van der Waals surface area contributed by atoms with E-state index in [2.05, 4.69) is 37.1 Å². The summed E-state index contributed by atoms with van der Waals surface area (Å²) >= 11 is 5.97. The van der Waals surface area contributed by atoms with E-state index in [1.807, 2.05) is 18.2 Å². The van der Waals surface area contributed by atoms with Crippen molar-refractivity contribution in [2.45, 2.75) is 57.3 Å². The van der Waals surface area contributed by atoms with Crippen molar-refractivity contribution in [1.29, 1.82) is 5.26 Å². The lowest BCUT2D eigenvalue weighted by Gasteiger charge is -2.33. The summed E-state index contributed by atoms with van der Waals surface area (Å²) < 4.78 is 27.4. The topological polar surface area (TPSA) is 104 Å². The van der Waals surface area contributed by atoms with Crippen LogP contribution in [0.5, 0.6) is 11.5 Å². The van der Waals surface area contributed by atoms with Gasteiger partial charge in [-0.25, -0.2) is 9.49 Å². The van der Waals surface area contributed by atoms with Gasteiger partial charge in [-0.15, -0.1) is 11.6 Å². The summed E-state index contributed by atoms with van der Waals surface area (Å²) in [5.74, 6) is 0.335. The Bertz CT molecular complexity index is 1830. The predicted molar refractivity (Wildman–Crippen MR) is 161 cm³/mol. The number of para-hydroxylation sites is 1. The minimum atomic E-state index is -1.28. The summed E-state index contributed by atoms with van der Waals surface area (Å²) in [5, 5.41) is 16.9. The summed E-state index contributed by atoms with van der Waals surface area (Å²) in [7, 11) is 0. The fourth-order valence-corrected chi connectivity index (χ4v) is 6.44. The number of ether oxygens (including phenoxy) is 2. The van der Waals surface area contributed by atoms with Crippen LogP contribution >= 0.6 is 11.6 Å². The SMILES string of the molecule is [C-]#[N+]c1nc(-c2cnc(CN3CCC(c4cccc5c4O[C@@](C)(c4ccc(Cl)cc4F)O5)CC3)c(CC3(C#N)CC3)c2)n[nH]1. The van der Waals surface area contributed by atoms with Gasteiger partial charge in [-0.2, -0.15) is 5.26 Å². The van der Waals surface area contributed by atoms with E-state index in [9.17, 15) is 9.65 Å². The van der Waals surface area contributed by atoms with Gasteiger partial charge in [0.15, 0.2) is 11.5 Å². The number of nitrogens with one attached hydrogen (secondary N) is 1. The van der Waals surface area contributed by atoms with Crippen molar-refractivity contribution < 1.29 is 13.9 Å². The van der Waals surface area contributed by atoms with Gasteiger partial charge in [0.05, 0.1) is 28.3 Å². The molecule has 2 aromatic carbocycles. The van der Waals surface area contributed by atoms with Crippen molar-refractivity contribution in [3.05, 3.63) is 93.3 Å². The maximum atomic E-state index is 14.8. The third-order valence-electron chi connectivity index (χ3n) is 8.95. The number of likely N-dealkylation sites (tertiary alicyclic amines) is 1. The average molecular weight is 610 g/mol. The molecule has 0 bridgehead atoms. The number of nitrogens with zero attached hydrogens (tertiary/aromatic N) is 6. The van der Waals surface area contributed by atoms with Crippen LogP contribution in [0.1, 0.15) is 60.9 Å². The lowest BCUT2D eigenvalue weighted by atomic mass is 9.88. The van der Waals surface area contributed by atoms with Crippen molar-refractivity contribution in [2.75, 3.05) is 13.1 Å². The standard InChI is InChI=1S/C33H29ClFN7O2/c1-32(25-7-6-23(34)15-26(25)35)43-28-5-3-4-24(29(28)44-32)20-8-12-42(13-9-20)18-27-21(16-33(19-36)10-11-33)14-22(17-38-27)30-39-31(37-2)41-40-30/h3-7,14-15,17,20H,8-13,16,18H2,1H3,(H,39,40,41)/t32-/m0/s1. The number of nitriles is 1. The highest BCUT2D eigenvalue weighted by atomic mass is 35.5. The van der Waals surface area contributed by atoms with Gasteiger partial charge in [0.25, 0.3) is 11.6 Å². The number of benzene rings is 2. The minimum Gasteiger partial charge on any atom is -0.444 e. The first-order chi connectivity index (χ1) is 21.3. The molecule has 9 nitrogen and oxygen atoms in total. The number of hydrogen-bond acceptors (Lipinski definition) is 7. The van der Waals surface area contributed by atoms with Crippen molar-refractivity contribution >= 4 is 17.5 Å². The second-order valence-corrected chi connectivity index (χ2v) is 12.4. The molecule has 2 aromatic heterocycles. The number of halogens is 2. The summed E-state index contributed by atoms with van der Waals surface area (Å²) in [5.41, 5.74) is 3.74. The van der Waals surface area contributed by atoms with E-state index in [1.54, 1.807) is 25.3 Å². The molecule has 44 heavy (non-hydrogen) atoms. The van der Waals surface area contributed by atoms with Crippen molar-refractivity contribution in [2.24, 2.45) is 5.41 Å². The molecular weight excluding hydrogens is 581 g/mol. The van der Waals surface area contributed by atoms with Crippen LogP contribution in [-0.4, -0.2) is 38.2 Å². The van der Waals surface area contributed by atoms with E-state index in [0.717, 1.165) is 61.2 Å². The molecule has 2 aliphatic heterocycles. The first-order valence-electron chi connectivity index (χ1n) is 14.7. The fraction of sp³-hybridized carbons (Fsp3) is 0.364. The van der Waals surface area contributed by atoms with Crippen molar-refractivity contribution in [1.82, 2.24) is 25.1 Å². The predicted octanol–water partition coefficient (Wildman–Crippen LogP) is 7.08. The third-order valence-corrected chi connectivity index (χ3v) is 9.18. The fourth-order valence-electron chi connectivity index (χ4n) is 6.28. The highest BCUT2D eigenvalue weighted by Crippen LogP contribution is 2.50.